The van der Waals surface area contributed by atoms with Crippen LogP contribution in [0, 0.1) is 0 Å². The van der Waals surface area contributed by atoms with Gasteiger partial charge >= 0.3 is 0 Å². The SMILES string of the molecule is CN=C(NCC(C)(C)c1cccs1)N(C)C.I. The first-order chi connectivity index (χ1) is 7.47. The van der Waals surface area contributed by atoms with Crippen LogP contribution in [-0.2, 0) is 5.41 Å². The minimum Gasteiger partial charge on any atom is -0.355 e. The second-order valence-electron chi connectivity index (χ2n) is 4.66. The van der Waals surface area contributed by atoms with Gasteiger partial charge in [-0.15, -0.1) is 35.3 Å². The fourth-order valence-corrected chi connectivity index (χ4v) is 2.34. The van der Waals surface area contributed by atoms with Gasteiger partial charge in [-0.3, -0.25) is 4.99 Å². The maximum Gasteiger partial charge on any atom is 0.193 e. The lowest BCUT2D eigenvalue weighted by Gasteiger charge is -2.26. The van der Waals surface area contributed by atoms with E-state index in [1.54, 1.807) is 18.4 Å². The van der Waals surface area contributed by atoms with Crippen LogP contribution in [0.2, 0.25) is 0 Å². The smallest absolute Gasteiger partial charge is 0.193 e. The van der Waals surface area contributed by atoms with E-state index in [2.05, 4.69) is 41.7 Å². The van der Waals surface area contributed by atoms with Gasteiger partial charge in [-0.05, 0) is 11.4 Å². The third-order valence-electron chi connectivity index (χ3n) is 2.51. The molecule has 0 saturated heterocycles. The average molecular weight is 367 g/mol. The van der Waals surface area contributed by atoms with Gasteiger partial charge in [-0.25, -0.2) is 0 Å². The van der Waals surface area contributed by atoms with Gasteiger partial charge in [0.25, 0.3) is 0 Å². The lowest BCUT2D eigenvalue weighted by Crippen LogP contribution is -2.42. The molecule has 0 saturated carbocycles. The lowest BCUT2D eigenvalue weighted by molar-refractivity contribution is 0.495. The van der Waals surface area contributed by atoms with Crippen molar-refractivity contribution in [3.8, 4) is 0 Å². The average Bonchev–Trinajstić information content (AvgIpc) is 2.71. The van der Waals surface area contributed by atoms with Crippen LogP contribution in [0.15, 0.2) is 22.5 Å². The second kappa shape index (κ2) is 7.20. The van der Waals surface area contributed by atoms with Gasteiger partial charge < -0.3 is 10.2 Å². The zero-order chi connectivity index (χ0) is 12.2. The Balaban J connectivity index is 0.00000256. The molecular weight excluding hydrogens is 345 g/mol. The van der Waals surface area contributed by atoms with Gasteiger partial charge in [0.05, 0.1) is 0 Å². The maximum atomic E-state index is 4.21. The Kier molecular flexibility index (Phi) is 7.08. The number of hydrogen-bond donors (Lipinski definition) is 1. The van der Waals surface area contributed by atoms with E-state index in [-0.39, 0.29) is 29.4 Å². The Morgan fingerprint density at radius 3 is 2.53 bits per heavy atom. The first-order valence-corrected chi connectivity index (χ1v) is 6.27. The first-order valence-electron chi connectivity index (χ1n) is 5.39. The Labute approximate surface area is 125 Å². The minimum absolute atomic E-state index is 0. The monoisotopic (exact) mass is 367 g/mol. The molecule has 0 atom stereocenters. The van der Waals surface area contributed by atoms with E-state index in [1.807, 2.05) is 19.0 Å². The Bertz CT molecular complexity index is 345. The van der Waals surface area contributed by atoms with Crippen LogP contribution >= 0.6 is 35.3 Å². The molecule has 0 aliphatic carbocycles. The van der Waals surface area contributed by atoms with Crippen molar-refractivity contribution >= 4 is 41.3 Å². The van der Waals surface area contributed by atoms with Gasteiger partial charge in [-0.2, -0.15) is 0 Å². The number of guanidine groups is 1. The fourth-order valence-electron chi connectivity index (χ4n) is 1.49. The molecule has 98 valence electrons. The van der Waals surface area contributed by atoms with Crippen molar-refractivity contribution in [2.24, 2.45) is 4.99 Å². The molecule has 0 fully saturated rings. The highest BCUT2D eigenvalue weighted by Crippen LogP contribution is 2.26. The molecule has 1 N–H and O–H groups in total. The molecule has 1 heterocycles. The standard InChI is InChI=1S/C12H21N3S.HI/c1-12(2,10-7-6-8-16-10)9-14-11(13-3)15(4)5;/h6-8H,9H2,1-5H3,(H,13,14);1H. The topological polar surface area (TPSA) is 27.6 Å². The Morgan fingerprint density at radius 1 is 1.47 bits per heavy atom. The van der Waals surface area contributed by atoms with Crippen molar-refractivity contribution in [1.82, 2.24) is 10.2 Å². The number of nitrogens with one attached hydrogen (secondary N) is 1. The maximum absolute atomic E-state index is 4.21. The molecule has 1 aromatic rings. The van der Waals surface area contributed by atoms with Crippen LogP contribution < -0.4 is 5.32 Å². The van der Waals surface area contributed by atoms with Gasteiger partial charge in [0.2, 0.25) is 0 Å². The summed E-state index contributed by atoms with van der Waals surface area (Å²) >= 11 is 1.80. The third-order valence-corrected chi connectivity index (χ3v) is 3.75. The number of halogens is 1. The minimum atomic E-state index is 0. The summed E-state index contributed by atoms with van der Waals surface area (Å²) in [4.78, 5) is 7.59. The summed E-state index contributed by atoms with van der Waals surface area (Å²) < 4.78 is 0. The van der Waals surface area contributed by atoms with Gasteiger partial charge in [0, 0.05) is 38.0 Å². The Hall–Kier alpha value is -0.300. The molecule has 17 heavy (non-hydrogen) atoms. The first kappa shape index (κ1) is 16.7. The van der Waals surface area contributed by atoms with E-state index in [0.29, 0.717) is 0 Å². The van der Waals surface area contributed by atoms with Crippen LogP contribution in [0.4, 0.5) is 0 Å². The number of rotatable bonds is 3. The van der Waals surface area contributed by atoms with Crippen molar-refractivity contribution in [1.29, 1.82) is 0 Å². The normalized spacial score (nSPS) is 11.9. The summed E-state index contributed by atoms with van der Waals surface area (Å²) in [7, 11) is 5.79. The number of aliphatic imine (C=N–C) groups is 1. The van der Waals surface area contributed by atoms with Crippen molar-refractivity contribution in [2.75, 3.05) is 27.7 Å². The number of thiophene rings is 1. The van der Waals surface area contributed by atoms with Crippen molar-refractivity contribution in [3.05, 3.63) is 22.4 Å². The van der Waals surface area contributed by atoms with Gasteiger partial charge in [0.15, 0.2) is 5.96 Å². The molecule has 0 spiro atoms. The summed E-state index contributed by atoms with van der Waals surface area (Å²) in [5, 5.41) is 5.50. The van der Waals surface area contributed by atoms with E-state index in [1.165, 1.54) is 4.88 Å². The van der Waals surface area contributed by atoms with E-state index >= 15 is 0 Å². The number of hydrogen-bond acceptors (Lipinski definition) is 2. The van der Waals surface area contributed by atoms with Crippen LogP contribution in [0.1, 0.15) is 18.7 Å². The van der Waals surface area contributed by atoms with E-state index in [4.69, 9.17) is 0 Å². The van der Waals surface area contributed by atoms with Crippen LogP contribution in [0.3, 0.4) is 0 Å². The molecular formula is C12H22IN3S. The highest BCUT2D eigenvalue weighted by molar-refractivity contribution is 14.0. The van der Waals surface area contributed by atoms with Crippen molar-refractivity contribution < 1.29 is 0 Å². The van der Waals surface area contributed by atoms with E-state index in [0.717, 1.165) is 12.5 Å². The lowest BCUT2D eigenvalue weighted by atomic mass is 9.91. The van der Waals surface area contributed by atoms with Crippen LogP contribution in [0.25, 0.3) is 0 Å². The summed E-state index contributed by atoms with van der Waals surface area (Å²) in [6.45, 7) is 5.38. The van der Waals surface area contributed by atoms with E-state index < -0.39 is 0 Å². The second-order valence-corrected chi connectivity index (χ2v) is 5.60. The summed E-state index contributed by atoms with van der Waals surface area (Å²) in [6, 6.07) is 4.29. The van der Waals surface area contributed by atoms with E-state index in [9.17, 15) is 0 Å². The molecule has 0 aromatic carbocycles. The predicted octanol–water partition coefficient (Wildman–Crippen LogP) is 2.78. The molecule has 0 aliphatic rings. The molecule has 0 bridgehead atoms. The quantitative estimate of drug-likeness (QED) is 0.506. The molecule has 1 aromatic heterocycles. The molecule has 0 radical (unpaired) electrons. The molecule has 5 heteroatoms. The highest BCUT2D eigenvalue weighted by atomic mass is 127. The molecule has 0 amide bonds. The summed E-state index contributed by atoms with van der Waals surface area (Å²) in [6.07, 6.45) is 0. The third kappa shape index (κ3) is 4.83. The summed E-state index contributed by atoms with van der Waals surface area (Å²) in [5.74, 6) is 0.921. The molecule has 0 aliphatic heterocycles. The van der Waals surface area contributed by atoms with Gasteiger partial charge in [0.1, 0.15) is 0 Å². The molecule has 1 rings (SSSR count). The zero-order valence-corrected chi connectivity index (χ0v) is 14.3. The van der Waals surface area contributed by atoms with Crippen LogP contribution in [-0.4, -0.2) is 38.5 Å². The highest BCUT2D eigenvalue weighted by Gasteiger charge is 2.22. The predicted molar refractivity (Wildman–Crippen MR) is 87.8 cm³/mol. The molecule has 3 nitrogen and oxygen atoms in total. The largest absolute Gasteiger partial charge is 0.355 e. The van der Waals surface area contributed by atoms with Gasteiger partial charge in [-0.1, -0.05) is 19.9 Å². The van der Waals surface area contributed by atoms with Crippen molar-refractivity contribution in [3.63, 3.8) is 0 Å². The fraction of sp³-hybridized carbons (Fsp3) is 0.583. The molecule has 0 unspecified atom stereocenters. The van der Waals surface area contributed by atoms with Crippen molar-refractivity contribution in [2.45, 2.75) is 19.3 Å². The zero-order valence-electron chi connectivity index (χ0n) is 11.2. The summed E-state index contributed by atoms with van der Waals surface area (Å²) in [5.41, 5.74) is 0.139. The van der Waals surface area contributed by atoms with Crippen LogP contribution in [0.5, 0.6) is 0 Å². The number of nitrogens with zero attached hydrogens (tertiary/aromatic N) is 2. The Morgan fingerprint density at radius 2 is 2.12 bits per heavy atom.